The average Bonchev–Trinajstić information content (AvgIpc) is 3.29. The molecule has 0 unspecified atom stereocenters. The molecule has 7 nitrogen and oxygen atoms in total. The van der Waals surface area contributed by atoms with E-state index in [0.717, 1.165) is 6.07 Å². The third-order valence-corrected chi connectivity index (χ3v) is 4.94. The molecule has 3 aromatic rings. The molecule has 0 spiro atoms. The van der Waals surface area contributed by atoms with Crippen LogP contribution >= 0.6 is 0 Å². The first-order chi connectivity index (χ1) is 14.4. The third kappa shape index (κ3) is 4.27. The summed E-state index contributed by atoms with van der Waals surface area (Å²) in [5.41, 5.74) is -0.272. The summed E-state index contributed by atoms with van der Waals surface area (Å²) in [5.74, 6) is -0.227. The SMILES string of the molecule is O=C(Nc1ccc(-n2cccn2)nc1)[C@@H]1CCCN(c2ncccc2C(F)(F)F)C1. The Labute approximate surface area is 170 Å². The molecular weight excluding hydrogens is 397 g/mol. The Hall–Kier alpha value is -3.43. The molecule has 3 aromatic heterocycles. The predicted molar refractivity (Wildman–Crippen MR) is 104 cm³/mol. The predicted octanol–water partition coefficient (Wildman–Crippen LogP) is 3.54. The number of halogens is 3. The van der Waals surface area contributed by atoms with Crippen molar-refractivity contribution in [3.8, 4) is 5.82 Å². The maximum absolute atomic E-state index is 13.3. The van der Waals surface area contributed by atoms with Gasteiger partial charge in [0.1, 0.15) is 5.82 Å². The standard InChI is InChI=1S/C20H19F3N6O/c21-20(22,23)16-5-1-8-24-18(16)28-10-2-4-14(13-28)19(30)27-15-6-7-17(25-12-15)29-11-3-9-26-29/h1,3,5-9,11-12,14H,2,4,10,13H2,(H,27,30)/t14-/m1/s1. The van der Waals surface area contributed by atoms with E-state index < -0.39 is 17.7 Å². The molecule has 0 saturated carbocycles. The van der Waals surface area contributed by atoms with Crippen molar-refractivity contribution in [2.75, 3.05) is 23.3 Å². The molecular formula is C20H19F3N6O. The van der Waals surface area contributed by atoms with E-state index in [4.69, 9.17) is 0 Å². The molecule has 1 saturated heterocycles. The Morgan fingerprint density at radius 2 is 2.00 bits per heavy atom. The van der Waals surface area contributed by atoms with E-state index in [9.17, 15) is 18.0 Å². The summed E-state index contributed by atoms with van der Waals surface area (Å²) in [7, 11) is 0. The van der Waals surface area contributed by atoms with Crippen LogP contribution < -0.4 is 10.2 Å². The molecule has 4 heterocycles. The van der Waals surface area contributed by atoms with Crippen molar-refractivity contribution >= 4 is 17.4 Å². The van der Waals surface area contributed by atoms with E-state index >= 15 is 0 Å². The van der Waals surface area contributed by atoms with Crippen LogP contribution in [0, 0.1) is 5.92 Å². The number of amides is 1. The van der Waals surface area contributed by atoms with Crippen molar-refractivity contribution in [3.63, 3.8) is 0 Å². The number of anilines is 2. The van der Waals surface area contributed by atoms with Gasteiger partial charge in [-0.05, 0) is 43.2 Å². The quantitative estimate of drug-likeness (QED) is 0.704. The number of hydrogen-bond donors (Lipinski definition) is 1. The van der Waals surface area contributed by atoms with Crippen molar-refractivity contribution in [1.82, 2.24) is 19.7 Å². The molecule has 4 rings (SSSR count). The highest BCUT2D eigenvalue weighted by atomic mass is 19.4. The van der Waals surface area contributed by atoms with Gasteiger partial charge >= 0.3 is 6.18 Å². The van der Waals surface area contributed by atoms with E-state index in [2.05, 4.69) is 20.4 Å². The number of rotatable bonds is 4. The summed E-state index contributed by atoms with van der Waals surface area (Å²) >= 11 is 0. The molecule has 1 amide bonds. The van der Waals surface area contributed by atoms with Gasteiger partial charge < -0.3 is 10.2 Å². The van der Waals surface area contributed by atoms with Crippen LogP contribution in [0.3, 0.4) is 0 Å². The molecule has 1 aliphatic rings. The minimum absolute atomic E-state index is 0.132. The van der Waals surface area contributed by atoms with Crippen LogP contribution in [-0.2, 0) is 11.0 Å². The van der Waals surface area contributed by atoms with Gasteiger partial charge in [-0.15, -0.1) is 0 Å². The monoisotopic (exact) mass is 416 g/mol. The molecule has 30 heavy (non-hydrogen) atoms. The number of carbonyl (C=O) groups excluding carboxylic acids is 1. The zero-order valence-corrected chi connectivity index (χ0v) is 15.9. The van der Waals surface area contributed by atoms with Gasteiger partial charge in [0.2, 0.25) is 5.91 Å². The molecule has 0 radical (unpaired) electrons. The molecule has 10 heteroatoms. The van der Waals surface area contributed by atoms with Gasteiger partial charge in [0.05, 0.1) is 23.4 Å². The fourth-order valence-electron chi connectivity index (χ4n) is 3.50. The first-order valence-electron chi connectivity index (χ1n) is 9.46. The summed E-state index contributed by atoms with van der Waals surface area (Å²) < 4.78 is 41.6. The second kappa shape index (κ2) is 8.13. The van der Waals surface area contributed by atoms with Crippen LogP contribution in [0.15, 0.2) is 55.1 Å². The minimum atomic E-state index is -4.50. The van der Waals surface area contributed by atoms with Crippen molar-refractivity contribution in [1.29, 1.82) is 0 Å². The lowest BCUT2D eigenvalue weighted by molar-refractivity contribution is -0.137. The molecule has 0 bridgehead atoms. The van der Waals surface area contributed by atoms with Gasteiger partial charge in [-0.1, -0.05) is 0 Å². The normalized spacial score (nSPS) is 17.0. The lowest BCUT2D eigenvalue weighted by Crippen LogP contribution is -2.42. The number of carbonyl (C=O) groups is 1. The Balaban J connectivity index is 1.44. The zero-order chi connectivity index (χ0) is 21.1. The molecule has 1 atom stereocenters. The number of hydrogen-bond acceptors (Lipinski definition) is 5. The van der Waals surface area contributed by atoms with Gasteiger partial charge in [-0.2, -0.15) is 18.3 Å². The number of alkyl halides is 3. The van der Waals surface area contributed by atoms with Crippen LogP contribution in [0.5, 0.6) is 0 Å². The Bertz CT molecular complexity index is 1000. The molecule has 0 aromatic carbocycles. The van der Waals surface area contributed by atoms with Gasteiger partial charge in [-0.25, -0.2) is 14.6 Å². The molecule has 1 aliphatic heterocycles. The van der Waals surface area contributed by atoms with Gasteiger partial charge in [0.15, 0.2) is 5.82 Å². The highest BCUT2D eigenvalue weighted by molar-refractivity contribution is 5.93. The Morgan fingerprint density at radius 1 is 1.13 bits per heavy atom. The number of nitrogens with zero attached hydrogens (tertiary/aromatic N) is 5. The van der Waals surface area contributed by atoms with Crippen LogP contribution in [-0.4, -0.2) is 38.7 Å². The van der Waals surface area contributed by atoms with E-state index in [0.29, 0.717) is 30.9 Å². The van der Waals surface area contributed by atoms with Gasteiger partial charge in [-0.3, -0.25) is 4.79 Å². The molecule has 1 N–H and O–H groups in total. The van der Waals surface area contributed by atoms with Crippen LogP contribution in [0.4, 0.5) is 24.7 Å². The van der Waals surface area contributed by atoms with E-state index in [1.807, 2.05) is 0 Å². The van der Waals surface area contributed by atoms with Gasteiger partial charge in [0.25, 0.3) is 0 Å². The van der Waals surface area contributed by atoms with Crippen molar-refractivity contribution < 1.29 is 18.0 Å². The summed E-state index contributed by atoms with van der Waals surface area (Å²) in [4.78, 5) is 22.4. The first-order valence-corrected chi connectivity index (χ1v) is 9.46. The Morgan fingerprint density at radius 3 is 2.70 bits per heavy atom. The minimum Gasteiger partial charge on any atom is -0.355 e. The van der Waals surface area contributed by atoms with E-state index in [1.165, 1.54) is 23.4 Å². The fraction of sp³-hybridized carbons (Fsp3) is 0.300. The van der Waals surface area contributed by atoms with Crippen molar-refractivity contribution in [2.24, 2.45) is 5.92 Å². The maximum Gasteiger partial charge on any atom is 0.419 e. The number of nitrogens with one attached hydrogen (secondary N) is 1. The third-order valence-electron chi connectivity index (χ3n) is 4.94. The largest absolute Gasteiger partial charge is 0.419 e. The van der Waals surface area contributed by atoms with Crippen LogP contribution in [0.1, 0.15) is 18.4 Å². The van der Waals surface area contributed by atoms with E-state index in [1.54, 1.807) is 35.3 Å². The van der Waals surface area contributed by atoms with Crippen LogP contribution in [0.25, 0.3) is 5.82 Å². The average molecular weight is 416 g/mol. The molecule has 1 fully saturated rings. The topological polar surface area (TPSA) is 75.9 Å². The summed E-state index contributed by atoms with van der Waals surface area (Å²) in [6.07, 6.45) is 2.94. The second-order valence-electron chi connectivity index (χ2n) is 7.00. The lowest BCUT2D eigenvalue weighted by Gasteiger charge is -2.34. The number of piperidine rings is 1. The summed E-state index contributed by atoms with van der Waals surface area (Å²) in [6.45, 7) is 0.592. The second-order valence-corrected chi connectivity index (χ2v) is 7.00. The van der Waals surface area contributed by atoms with Crippen LogP contribution in [0.2, 0.25) is 0 Å². The number of pyridine rings is 2. The summed E-state index contributed by atoms with van der Waals surface area (Å²) in [5, 5.41) is 6.89. The molecule has 0 aliphatic carbocycles. The lowest BCUT2D eigenvalue weighted by atomic mass is 9.96. The maximum atomic E-state index is 13.3. The van der Waals surface area contributed by atoms with Crippen molar-refractivity contribution in [2.45, 2.75) is 19.0 Å². The van der Waals surface area contributed by atoms with E-state index in [-0.39, 0.29) is 18.3 Å². The first kappa shape index (κ1) is 19.9. The Kier molecular flexibility index (Phi) is 5.39. The van der Waals surface area contributed by atoms with Gasteiger partial charge in [0, 0.05) is 31.7 Å². The van der Waals surface area contributed by atoms with Crippen molar-refractivity contribution in [3.05, 3.63) is 60.7 Å². The fourth-order valence-corrected chi connectivity index (χ4v) is 3.50. The highest BCUT2D eigenvalue weighted by Gasteiger charge is 2.37. The zero-order valence-electron chi connectivity index (χ0n) is 15.9. The smallest absolute Gasteiger partial charge is 0.355 e. The number of aromatic nitrogens is 4. The highest BCUT2D eigenvalue weighted by Crippen LogP contribution is 2.36. The summed E-state index contributed by atoms with van der Waals surface area (Å²) in [6, 6.07) is 7.49. The molecule has 156 valence electrons.